The number of halogens is 1. The van der Waals surface area contributed by atoms with E-state index in [1.54, 1.807) is 17.4 Å². The average Bonchev–Trinajstić information content (AvgIpc) is 3.15. The zero-order valence-corrected chi connectivity index (χ0v) is 15.3. The summed E-state index contributed by atoms with van der Waals surface area (Å²) in [6, 6.07) is 9.76. The first kappa shape index (κ1) is 18.5. The Morgan fingerprint density at radius 2 is 2.00 bits per heavy atom. The minimum Gasteiger partial charge on any atom is -0.349 e. The lowest BCUT2D eigenvalue weighted by Gasteiger charge is -2.29. The van der Waals surface area contributed by atoms with E-state index in [0.717, 1.165) is 30.8 Å². The van der Waals surface area contributed by atoms with Gasteiger partial charge in [0.05, 0.1) is 19.6 Å². The molecule has 5 nitrogen and oxygen atoms in total. The van der Waals surface area contributed by atoms with E-state index in [9.17, 15) is 14.0 Å². The summed E-state index contributed by atoms with van der Waals surface area (Å²) in [6.07, 6.45) is 1.63. The zero-order chi connectivity index (χ0) is 18.4. The van der Waals surface area contributed by atoms with E-state index in [4.69, 9.17) is 0 Å². The molecular formula is C19H23FN3O2S+. The van der Waals surface area contributed by atoms with E-state index < -0.39 is 5.82 Å². The van der Waals surface area contributed by atoms with E-state index in [1.165, 1.54) is 23.1 Å². The summed E-state index contributed by atoms with van der Waals surface area (Å²) in [5.74, 6) is -0.604. The van der Waals surface area contributed by atoms with Gasteiger partial charge >= 0.3 is 0 Å². The van der Waals surface area contributed by atoms with Crippen LogP contribution in [0.3, 0.4) is 0 Å². The lowest BCUT2D eigenvalue weighted by Crippen LogP contribution is -3.14. The van der Waals surface area contributed by atoms with Crippen LogP contribution < -0.4 is 15.5 Å². The first-order valence-corrected chi connectivity index (χ1v) is 9.67. The van der Waals surface area contributed by atoms with Crippen molar-refractivity contribution in [3.63, 3.8) is 0 Å². The molecule has 138 valence electrons. The van der Waals surface area contributed by atoms with Crippen molar-refractivity contribution >= 4 is 23.2 Å². The number of piperidine rings is 1. The molecule has 3 rings (SSSR count). The molecule has 3 N–H and O–H groups in total. The van der Waals surface area contributed by atoms with Gasteiger partial charge in [-0.25, -0.2) is 4.39 Å². The summed E-state index contributed by atoms with van der Waals surface area (Å²) in [5.41, 5.74) is 0.340. The van der Waals surface area contributed by atoms with Gasteiger partial charge in [-0.15, -0.1) is 11.3 Å². The van der Waals surface area contributed by atoms with Crippen molar-refractivity contribution < 1.29 is 18.9 Å². The molecule has 26 heavy (non-hydrogen) atoms. The maximum atomic E-state index is 13.2. The summed E-state index contributed by atoms with van der Waals surface area (Å²) in [4.78, 5) is 26.6. The smallest absolute Gasteiger partial charge is 0.275 e. The van der Waals surface area contributed by atoms with Crippen molar-refractivity contribution in [1.82, 2.24) is 10.6 Å². The quantitative estimate of drug-likeness (QED) is 0.704. The Labute approximate surface area is 156 Å². The summed E-state index contributed by atoms with van der Waals surface area (Å²) >= 11 is 1.63. The van der Waals surface area contributed by atoms with Crippen LogP contribution in [0.2, 0.25) is 0 Å². The Morgan fingerprint density at radius 1 is 1.19 bits per heavy atom. The highest BCUT2D eigenvalue weighted by molar-refractivity contribution is 7.09. The Bertz CT molecular complexity index is 743. The minimum atomic E-state index is -0.412. The van der Waals surface area contributed by atoms with Crippen LogP contribution in [-0.4, -0.2) is 37.5 Å². The lowest BCUT2D eigenvalue weighted by molar-refractivity contribution is -0.897. The van der Waals surface area contributed by atoms with Gasteiger partial charge in [-0.3, -0.25) is 9.59 Å². The largest absolute Gasteiger partial charge is 0.349 e. The molecule has 0 spiro atoms. The zero-order valence-electron chi connectivity index (χ0n) is 14.5. The lowest BCUT2D eigenvalue weighted by atomic mass is 10.0. The molecular weight excluding hydrogens is 353 g/mol. The topological polar surface area (TPSA) is 62.6 Å². The third kappa shape index (κ3) is 5.37. The highest BCUT2D eigenvalue weighted by atomic mass is 32.1. The molecule has 2 heterocycles. The Balaban J connectivity index is 1.38. The highest BCUT2D eigenvalue weighted by Gasteiger charge is 2.25. The van der Waals surface area contributed by atoms with Crippen LogP contribution in [0.4, 0.5) is 4.39 Å². The second kappa shape index (κ2) is 8.91. The predicted octanol–water partition coefficient (Wildman–Crippen LogP) is 0.981. The minimum absolute atomic E-state index is 0.0515. The second-order valence-corrected chi connectivity index (χ2v) is 7.57. The molecule has 0 radical (unpaired) electrons. The molecule has 0 saturated carbocycles. The van der Waals surface area contributed by atoms with Crippen LogP contribution in [-0.2, 0) is 11.3 Å². The first-order valence-electron chi connectivity index (χ1n) is 8.79. The molecule has 1 aliphatic rings. The fraction of sp³-hybridized carbons (Fsp3) is 0.368. The number of rotatable bonds is 6. The van der Waals surface area contributed by atoms with Crippen molar-refractivity contribution in [3.05, 3.63) is 58.0 Å². The number of hydrogen-bond donors (Lipinski definition) is 3. The fourth-order valence-corrected chi connectivity index (χ4v) is 3.78. The number of carbonyl (C=O) groups excluding carboxylic acids is 2. The van der Waals surface area contributed by atoms with Gasteiger partial charge in [-0.1, -0.05) is 12.1 Å². The highest BCUT2D eigenvalue weighted by Crippen LogP contribution is 2.07. The maximum absolute atomic E-state index is 13.2. The average molecular weight is 376 g/mol. The molecule has 1 saturated heterocycles. The van der Waals surface area contributed by atoms with E-state index >= 15 is 0 Å². The summed E-state index contributed by atoms with van der Waals surface area (Å²) < 4.78 is 13.2. The maximum Gasteiger partial charge on any atom is 0.275 e. The van der Waals surface area contributed by atoms with E-state index in [2.05, 4.69) is 10.6 Å². The number of benzene rings is 1. The van der Waals surface area contributed by atoms with Crippen LogP contribution in [0.25, 0.3) is 0 Å². The number of hydrogen-bond acceptors (Lipinski definition) is 3. The second-order valence-electron chi connectivity index (χ2n) is 6.54. The number of likely N-dealkylation sites (tertiary alicyclic amines) is 1. The molecule has 7 heteroatoms. The van der Waals surface area contributed by atoms with E-state index in [-0.39, 0.29) is 17.9 Å². The van der Waals surface area contributed by atoms with Gasteiger partial charge in [0.1, 0.15) is 5.82 Å². The summed E-state index contributed by atoms with van der Waals surface area (Å²) in [5, 5.41) is 7.91. The van der Waals surface area contributed by atoms with Crippen molar-refractivity contribution in [3.8, 4) is 0 Å². The third-order valence-corrected chi connectivity index (χ3v) is 5.44. The molecule has 0 unspecified atom stereocenters. The first-order chi connectivity index (χ1) is 12.6. The van der Waals surface area contributed by atoms with Crippen molar-refractivity contribution in [2.24, 2.45) is 0 Å². The van der Waals surface area contributed by atoms with Gasteiger partial charge in [0.15, 0.2) is 6.54 Å². The molecule has 0 atom stereocenters. The van der Waals surface area contributed by atoms with Gasteiger partial charge < -0.3 is 15.5 Å². The Hall–Kier alpha value is -2.25. The summed E-state index contributed by atoms with van der Waals surface area (Å²) in [6.45, 7) is 2.70. The Morgan fingerprint density at radius 3 is 2.69 bits per heavy atom. The van der Waals surface area contributed by atoms with Gasteiger partial charge in [0, 0.05) is 29.3 Å². The number of amides is 2. The molecule has 2 amide bonds. The van der Waals surface area contributed by atoms with Gasteiger partial charge in [0.2, 0.25) is 0 Å². The van der Waals surface area contributed by atoms with Crippen LogP contribution in [0.5, 0.6) is 0 Å². The molecule has 2 aromatic rings. The standard InChI is InChI=1S/C19H22FN3O2S/c20-15-4-1-3-14(11-15)19(25)22-16-6-8-23(9-7-16)13-18(24)21-12-17-5-2-10-26-17/h1-5,10-11,16H,6-9,12-13H2,(H,21,24)(H,22,25)/p+1. The van der Waals surface area contributed by atoms with Gasteiger partial charge in [-0.05, 0) is 29.6 Å². The summed E-state index contributed by atoms with van der Waals surface area (Å²) in [7, 11) is 0. The van der Waals surface area contributed by atoms with Crippen LogP contribution >= 0.6 is 11.3 Å². The normalized spacial score (nSPS) is 19.7. The third-order valence-electron chi connectivity index (χ3n) is 4.57. The van der Waals surface area contributed by atoms with Gasteiger partial charge in [-0.2, -0.15) is 0 Å². The number of quaternary nitrogens is 1. The molecule has 1 fully saturated rings. The van der Waals surface area contributed by atoms with Crippen LogP contribution in [0.1, 0.15) is 28.1 Å². The van der Waals surface area contributed by atoms with Crippen LogP contribution in [0.15, 0.2) is 41.8 Å². The van der Waals surface area contributed by atoms with Gasteiger partial charge in [0.25, 0.3) is 11.8 Å². The fourth-order valence-electron chi connectivity index (χ4n) is 3.13. The molecule has 1 aromatic carbocycles. The molecule has 1 aromatic heterocycles. The SMILES string of the molecule is O=C(C[NH+]1CCC(NC(=O)c2cccc(F)c2)CC1)NCc1cccs1. The van der Waals surface area contributed by atoms with Crippen molar-refractivity contribution in [2.75, 3.05) is 19.6 Å². The van der Waals surface area contributed by atoms with Crippen LogP contribution in [0, 0.1) is 5.82 Å². The predicted molar refractivity (Wildman–Crippen MR) is 98.6 cm³/mol. The van der Waals surface area contributed by atoms with E-state index in [1.807, 2.05) is 17.5 Å². The number of thiophene rings is 1. The number of nitrogens with one attached hydrogen (secondary N) is 3. The number of carbonyl (C=O) groups is 2. The Kier molecular flexibility index (Phi) is 6.35. The molecule has 0 bridgehead atoms. The van der Waals surface area contributed by atoms with E-state index in [0.29, 0.717) is 18.7 Å². The van der Waals surface area contributed by atoms with Crippen molar-refractivity contribution in [2.45, 2.75) is 25.4 Å². The monoisotopic (exact) mass is 376 g/mol. The molecule has 1 aliphatic heterocycles. The molecule has 0 aliphatic carbocycles. The van der Waals surface area contributed by atoms with Crippen molar-refractivity contribution in [1.29, 1.82) is 0 Å².